The maximum atomic E-state index is 12.3. The monoisotopic (exact) mass is 305 g/mol. The van der Waals surface area contributed by atoms with Crippen molar-refractivity contribution in [3.63, 3.8) is 0 Å². The van der Waals surface area contributed by atoms with Crippen LogP contribution in [0, 0.1) is 11.3 Å². The van der Waals surface area contributed by atoms with Crippen molar-refractivity contribution in [1.82, 2.24) is 10.2 Å². The molecule has 0 fully saturated rings. The zero-order valence-corrected chi connectivity index (χ0v) is 13.1. The van der Waals surface area contributed by atoms with E-state index >= 15 is 0 Å². The molecule has 0 radical (unpaired) electrons. The van der Waals surface area contributed by atoms with E-state index in [1.54, 1.807) is 13.1 Å². The van der Waals surface area contributed by atoms with Gasteiger partial charge in [0.2, 0.25) is 5.91 Å². The summed E-state index contributed by atoms with van der Waals surface area (Å²) in [6.45, 7) is 1.40. The van der Waals surface area contributed by atoms with Crippen LogP contribution in [0.3, 0.4) is 0 Å². The van der Waals surface area contributed by atoms with E-state index in [0.29, 0.717) is 18.5 Å². The van der Waals surface area contributed by atoms with Crippen molar-refractivity contribution < 1.29 is 4.79 Å². The number of hydrogen-bond acceptors (Lipinski definition) is 3. The molecule has 2 aromatic carbocycles. The summed E-state index contributed by atoms with van der Waals surface area (Å²) in [5.74, 6) is 0.0379. The quantitative estimate of drug-likeness (QED) is 0.946. The van der Waals surface area contributed by atoms with Gasteiger partial charge in [0, 0.05) is 20.1 Å². The smallest absolute Gasteiger partial charge is 0.237 e. The van der Waals surface area contributed by atoms with Crippen molar-refractivity contribution in [1.29, 1.82) is 5.26 Å². The van der Waals surface area contributed by atoms with E-state index in [-0.39, 0.29) is 11.9 Å². The first kappa shape index (κ1) is 15.3. The molecular weight excluding hydrogens is 286 g/mol. The molecule has 2 aromatic rings. The van der Waals surface area contributed by atoms with Crippen molar-refractivity contribution >= 4 is 5.91 Å². The summed E-state index contributed by atoms with van der Waals surface area (Å²) in [6.07, 6.45) is 0.716. The fraction of sp³-hybridized carbons (Fsp3) is 0.263. The molecule has 1 aliphatic heterocycles. The van der Waals surface area contributed by atoms with Crippen molar-refractivity contribution in [2.75, 3.05) is 7.05 Å². The van der Waals surface area contributed by atoms with Gasteiger partial charge in [0.15, 0.2) is 0 Å². The van der Waals surface area contributed by atoms with Gasteiger partial charge < -0.3 is 5.32 Å². The van der Waals surface area contributed by atoms with E-state index in [1.165, 1.54) is 11.1 Å². The Hall–Kier alpha value is -2.64. The molecule has 0 bridgehead atoms. The third-order valence-corrected chi connectivity index (χ3v) is 4.34. The summed E-state index contributed by atoms with van der Waals surface area (Å²) in [4.78, 5) is 14.5. The number of benzene rings is 2. The molecule has 1 unspecified atom stereocenters. The van der Waals surface area contributed by atoms with Gasteiger partial charge in [-0.3, -0.25) is 9.69 Å². The topological polar surface area (TPSA) is 56.1 Å². The molecule has 1 atom stereocenters. The van der Waals surface area contributed by atoms with Gasteiger partial charge in [0.25, 0.3) is 0 Å². The number of carbonyl (C=O) groups excluding carboxylic acids is 1. The Morgan fingerprint density at radius 1 is 1.26 bits per heavy atom. The number of rotatable bonds is 3. The van der Waals surface area contributed by atoms with Crippen LogP contribution in [-0.4, -0.2) is 23.9 Å². The third kappa shape index (κ3) is 3.25. The number of nitrogens with zero attached hydrogens (tertiary/aromatic N) is 2. The largest absolute Gasteiger partial charge is 0.358 e. The predicted molar refractivity (Wildman–Crippen MR) is 88.4 cm³/mol. The maximum absolute atomic E-state index is 12.3. The van der Waals surface area contributed by atoms with Crippen LogP contribution < -0.4 is 5.32 Å². The SMILES string of the molecule is CNC(=O)C1Cc2ccccc2CN1Cc1cccc(C#N)c1. The molecule has 1 N–H and O–H groups in total. The van der Waals surface area contributed by atoms with Crippen LogP contribution in [0.25, 0.3) is 0 Å². The predicted octanol–water partition coefficient (Wildman–Crippen LogP) is 2.23. The number of carbonyl (C=O) groups is 1. The highest BCUT2D eigenvalue weighted by atomic mass is 16.2. The average Bonchev–Trinajstić information content (AvgIpc) is 2.60. The summed E-state index contributed by atoms with van der Waals surface area (Å²) in [5, 5.41) is 11.8. The highest BCUT2D eigenvalue weighted by molar-refractivity contribution is 5.82. The fourth-order valence-electron chi connectivity index (χ4n) is 3.14. The Labute approximate surface area is 136 Å². The Morgan fingerprint density at radius 2 is 2.04 bits per heavy atom. The summed E-state index contributed by atoms with van der Waals surface area (Å²) in [5.41, 5.74) is 4.21. The molecule has 0 aliphatic carbocycles. The first-order chi connectivity index (χ1) is 11.2. The minimum Gasteiger partial charge on any atom is -0.358 e. The zero-order valence-electron chi connectivity index (χ0n) is 13.1. The molecule has 4 heteroatoms. The number of amides is 1. The van der Waals surface area contributed by atoms with Gasteiger partial charge >= 0.3 is 0 Å². The summed E-state index contributed by atoms with van der Waals surface area (Å²) in [6, 6.07) is 17.8. The molecule has 116 valence electrons. The minimum atomic E-state index is -0.180. The van der Waals surface area contributed by atoms with Gasteiger partial charge in [0.05, 0.1) is 17.7 Å². The van der Waals surface area contributed by atoms with Crippen LogP contribution in [0.2, 0.25) is 0 Å². The molecule has 1 heterocycles. The van der Waals surface area contributed by atoms with Crippen LogP contribution in [0.1, 0.15) is 22.3 Å². The van der Waals surface area contributed by atoms with Crippen LogP contribution in [-0.2, 0) is 24.3 Å². The molecule has 1 aliphatic rings. The third-order valence-electron chi connectivity index (χ3n) is 4.34. The molecule has 23 heavy (non-hydrogen) atoms. The van der Waals surface area contributed by atoms with Crippen molar-refractivity contribution in [3.8, 4) is 6.07 Å². The Morgan fingerprint density at radius 3 is 2.78 bits per heavy atom. The van der Waals surface area contributed by atoms with Gasteiger partial charge in [-0.15, -0.1) is 0 Å². The molecule has 0 saturated carbocycles. The Balaban J connectivity index is 1.88. The molecular formula is C19H19N3O. The lowest BCUT2D eigenvalue weighted by Crippen LogP contribution is -2.49. The van der Waals surface area contributed by atoms with Crippen molar-refractivity contribution in [2.24, 2.45) is 0 Å². The van der Waals surface area contributed by atoms with Crippen LogP contribution >= 0.6 is 0 Å². The second-order valence-electron chi connectivity index (χ2n) is 5.82. The van der Waals surface area contributed by atoms with Crippen LogP contribution in [0.4, 0.5) is 0 Å². The second kappa shape index (κ2) is 6.64. The summed E-state index contributed by atoms with van der Waals surface area (Å²) >= 11 is 0. The minimum absolute atomic E-state index is 0.0379. The van der Waals surface area contributed by atoms with Gasteiger partial charge in [-0.1, -0.05) is 36.4 Å². The first-order valence-electron chi connectivity index (χ1n) is 7.72. The van der Waals surface area contributed by atoms with E-state index in [4.69, 9.17) is 5.26 Å². The first-order valence-corrected chi connectivity index (χ1v) is 7.72. The maximum Gasteiger partial charge on any atom is 0.237 e. The van der Waals surface area contributed by atoms with Gasteiger partial charge in [0.1, 0.15) is 0 Å². The summed E-state index contributed by atoms with van der Waals surface area (Å²) < 4.78 is 0. The Bertz CT molecular complexity index is 763. The second-order valence-corrected chi connectivity index (χ2v) is 5.82. The van der Waals surface area contributed by atoms with Crippen molar-refractivity contribution in [2.45, 2.75) is 25.6 Å². The van der Waals surface area contributed by atoms with Crippen LogP contribution in [0.5, 0.6) is 0 Å². The lowest BCUT2D eigenvalue weighted by molar-refractivity contribution is -0.126. The van der Waals surface area contributed by atoms with E-state index in [9.17, 15) is 4.79 Å². The lowest BCUT2D eigenvalue weighted by atomic mass is 9.93. The van der Waals surface area contributed by atoms with Gasteiger partial charge in [-0.25, -0.2) is 0 Å². The fourth-order valence-corrected chi connectivity index (χ4v) is 3.14. The molecule has 1 amide bonds. The zero-order chi connectivity index (χ0) is 16.2. The molecule has 0 spiro atoms. The van der Waals surface area contributed by atoms with E-state index < -0.39 is 0 Å². The Kier molecular flexibility index (Phi) is 4.40. The normalized spacial score (nSPS) is 17.1. The number of hydrogen-bond donors (Lipinski definition) is 1. The highest BCUT2D eigenvalue weighted by Gasteiger charge is 2.30. The number of nitrogens with one attached hydrogen (secondary N) is 1. The van der Waals surface area contributed by atoms with E-state index in [2.05, 4.69) is 28.4 Å². The molecule has 0 aromatic heterocycles. The number of nitriles is 1. The van der Waals surface area contributed by atoms with E-state index in [1.807, 2.05) is 30.3 Å². The molecule has 3 rings (SSSR count). The van der Waals surface area contributed by atoms with E-state index in [0.717, 1.165) is 12.1 Å². The van der Waals surface area contributed by atoms with Crippen LogP contribution in [0.15, 0.2) is 48.5 Å². The summed E-state index contributed by atoms with van der Waals surface area (Å²) in [7, 11) is 1.68. The number of fused-ring (bicyclic) bond motifs is 1. The highest BCUT2D eigenvalue weighted by Crippen LogP contribution is 2.25. The average molecular weight is 305 g/mol. The van der Waals surface area contributed by atoms with Crippen molar-refractivity contribution in [3.05, 3.63) is 70.8 Å². The van der Waals surface area contributed by atoms with Gasteiger partial charge in [-0.2, -0.15) is 5.26 Å². The molecule has 0 saturated heterocycles. The lowest BCUT2D eigenvalue weighted by Gasteiger charge is -2.35. The van der Waals surface area contributed by atoms with Gasteiger partial charge in [-0.05, 0) is 35.2 Å². The molecule has 4 nitrogen and oxygen atoms in total. The number of likely N-dealkylation sites (N-methyl/N-ethyl adjacent to an activating group) is 1. The standard InChI is InChI=1S/C19H19N3O/c1-21-19(23)18-10-16-7-2-3-8-17(16)13-22(18)12-15-6-4-5-14(9-15)11-20/h2-9,18H,10,12-13H2,1H3,(H,21,23).